The molecule has 6 heteroatoms. The molecule has 1 aliphatic heterocycles. The molecule has 1 aliphatic rings. The van der Waals surface area contributed by atoms with Gasteiger partial charge in [-0.15, -0.1) is 0 Å². The lowest BCUT2D eigenvalue weighted by atomic mass is 10.1. The highest BCUT2D eigenvalue weighted by Gasteiger charge is 2.09. The van der Waals surface area contributed by atoms with Crippen molar-refractivity contribution in [1.82, 2.24) is 9.88 Å². The molecule has 2 aromatic rings. The van der Waals surface area contributed by atoms with Crippen molar-refractivity contribution in [2.45, 2.75) is 13.3 Å². The van der Waals surface area contributed by atoms with Gasteiger partial charge in [0.2, 0.25) is 5.91 Å². The first-order chi connectivity index (χ1) is 12.7. The van der Waals surface area contributed by atoms with Crippen LogP contribution in [0.3, 0.4) is 0 Å². The summed E-state index contributed by atoms with van der Waals surface area (Å²) in [5, 5.41) is 6.21. The number of aryl methyl sites for hydroxylation is 1. The van der Waals surface area contributed by atoms with E-state index < -0.39 is 0 Å². The molecule has 1 fully saturated rings. The quantitative estimate of drug-likeness (QED) is 0.799. The van der Waals surface area contributed by atoms with Crippen LogP contribution in [-0.4, -0.2) is 55.2 Å². The molecular weight excluding hydrogens is 328 g/mol. The van der Waals surface area contributed by atoms with E-state index in [1.54, 1.807) is 6.20 Å². The first-order valence-corrected chi connectivity index (χ1v) is 9.04. The topological polar surface area (TPSA) is 66.5 Å². The second kappa shape index (κ2) is 9.31. The normalized spacial score (nSPS) is 14.8. The van der Waals surface area contributed by atoms with Gasteiger partial charge in [0.25, 0.3) is 0 Å². The minimum atomic E-state index is -0.0591. The summed E-state index contributed by atoms with van der Waals surface area (Å²) >= 11 is 0. The van der Waals surface area contributed by atoms with Gasteiger partial charge in [0, 0.05) is 26.2 Å². The van der Waals surface area contributed by atoms with Crippen LogP contribution in [0, 0.1) is 6.92 Å². The maximum absolute atomic E-state index is 12.1. The largest absolute Gasteiger partial charge is 0.383 e. The number of hydrogen-bond donors (Lipinski definition) is 2. The fourth-order valence-electron chi connectivity index (χ4n) is 2.95. The summed E-state index contributed by atoms with van der Waals surface area (Å²) in [7, 11) is 0. The van der Waals surface area contributed by atoms with Gasteiger partial charge in [-0.3, -0.25) is 9.69 Å². The zero-order valence-corrected chi connectivity index (χ0v) is 15.2. The number of morpholine rings is 1. The van der Waals surface area contributed by atoms with Gasteiger partial charge >= 0.3 is 0 Å². The molecule has 1 saturated heterocycles. The maximum Gasteiger partial charge on any atom is 0.229 e. The van der Waals surface area contributed by atoms with Crippen LogP contribution in [0.4, 0.5) is 11.5 Å². The van der Waals surface area contributed by atoms with E-state index in [1.165, 1.54) is 0 Å². The molecule has 1 aromatic heterocycles. The van der Waals surface area contributed by atoms with E-state index in [4.69, 9.17) is 4.74 Å². The third-order valence-electron chi connectivity index (χ3n) is 4.34. The number of ether oxygens (including phenoxy) is 1. The maximum atomic E-state index is 12.1. The molecule has 3 rings (SSSR count). The van der Waals surface area contributed by atoms with Crippen molar-refractivity contribution in [1.29, 1.82) is 0 Å². The average molecular weight is 354 g/mol. The number of nitrogens with zero attached hydrogens (tertiary/aromatic N) is 2. The SMILES string of the molecule is Cc1cccc(CC(=O)Nc2ccc(NCCN3CCOCC3)cn2)c1. The molecule has 26 heavy (non-hydrogen) atoms. The molecule has 1 amide bonds. The lowest BCUT2D eigenvalue weighted by molar-refractivity contribution is -0.115. The molecule has 2 heterocycles. The smallest absolute Gasteiger partial charge is 0.229 e. The summed E-state index contributed by atoms with van der Waals surface area (Å²) < 4.78 is 5.35. The number of amides is 1. The third kappa shape index (κ3) is 5.82. The van der Waals surface area contributed by atoms with Gasteiger partial charge in [0.1, 0.15) is 5.82 Å². The second-order valence-electron chi connectivity index (χ2n) is 6.53. The van der Waals surface area contributed by atoms with Crippen molar-refractivity contribution in [3.05, 3.63) is 53.7 Å². The van der Waals surface area contributed by atoms with Gasteiger partial charge in [0.05, 0.1) is 31.5 Å². The molecule has 2 N–H and O–H groups in total. The van der Waals surface area contributed by atoms with Crippen molar-refractivity contribution in [2.24, 2.45) is 0 Å². The first-order valence-electron chi connectivity index (χ1n) is 9.04. The number of benzene rings is 1. The second-order valence-corrected chi connectivity index (χ2v) is 6.53. The van der Waals surface area contributed by atoms with Crippen LogP contribution in [0.15, 0.2) is 42.6 Å². The number of carbonyl (C=O) groups excluding carboxylic acids is 1. The van der Waals surface area contributed by atoms with Gasteiger partial charge < -0.3 is 15.4 Å². The van der Waals surface area contributed by atoms with Crippen LogP contribution < -0.4 is 10.6 Å². The Balaban J connectivity index is 1.42. The van der Waals surface area contributed by atoms with Gasteiger partial charge in [-0.25, -0.2) is 4.98 Å². The zero-order valence-electron chi connectivity index (χ0n) is 15.2. The first kappa shape index (κ1) is 18.4. The van der Waals surface area contributed by atoms with Crippen molar-refractivity contribution in [3.63, 3.8) is 0 Å². The zero-order chi connectivity index (χ0) is 18.2. The molecule has 0 spiro atoms. The summed E-state index contributed by atoms with van der Waals surface area (Å²) in [5.74, 6) is 0.512. The number of rotatable bonds is 7. The molecule has 6 nitrogen and oxygen atoms in total. The fourth-order valence-corrected chi connectivity index (χ4v) is 2.95. The number of anilines is 2. The Morgan fingerprint density at radius 3 is 2.81 bits per heavy atom. The number of hydrogen-bond acceptors (Lipinski definition) is 5. The third-order valence-corrected chi connectivity index (χ3v) is 4.34. The van der Waals surface area contributed by atoms with Crippen LogP contribution >= 0.6 is 0 Å². The highest BCUT2D eigenvalue weighted by molar-refractivity contribution is 5.91. The minimum Gasteiger partial charge on any atom is -0.383 e. The van der Waals surface area contributed by atoms with E-state index in [2.05, 4.69) is 20.5 Å². The molecule has 0 bridgehead atoms. The highest BCUT2D eigenvalue weighted by Crippen LogP contribution is 2.11. The number of pyridine rings is 1. The molecule has 0 radical (unpaired) electrons. The summed E-state index contributed by atoms with van der Waals surface area (Å²) in [6.45, 7) is 7.49. The van der Waals surface area contributed by atoms with Crippen LogP contribution in [0.5, 0.6) is 0 Å². The molecule has 0 saturated carbocycles. The van der Waals surface area contributed by atoms with E-state index in [-0.39, 0.29) is 5.91 Å². The average Bonchev–Trinajstić information content (AvgIpc) is 2.64. The van der Waals surface area contributed by atoms with E-state index in [1.807, 2.05) is 43.3 Å². The summed E-state index contributed by atoms with van der Waals surface area (Å²) in [6.07, 6.45) is 2.10. The Morgan fingerprint density at radius 2 is 2.08 bits per heavy atom. The summed E-state index contributed by atoms with van der Waals surface area (Å²) in [5.41, 5.74) is 3.11. The van der Waals surface area contributed by atoms with E-state index in [9.17, 15) is 4.79 Å². The van der Waals surface area contributed by atoms with Crippen molar-refractivity contribution < 1.29 is 9.53 Å². The van der Waals surface area contributed by atoms with Crippen LogP contribution in [0.25, 0.3) is 0 Å². The molecule has 0 aliphatic carbocycles. The Bertz CT molecular complexity index is 712. The Kier molecular flexibility index (Phi) is 6.57. The Hall–Kier alpha value is -2.44. The van der Waals surface area contributed by atoms with Crippen LogP contribution in [0.1, 0.15) is 11.1 Å². The Morgan fingerprint density at radius 1 is 1.23 bits per heavy atom. The standard InChI is InChI=1S/C20H26N4O2/c1-16-3-2-4-17(13-16)14-20(25)23-19-6-5-18(15-22-19)21-7-8-24-9-11-26-12-10-24/h2-6,13,15,21H,7-12,14H2,1H3,(H,22,23,25). The lowest BCUT2D eigenvalue weighted by Gasteiger charge is -2.26. The van der Waals surface area contributed by atoms with Gasteiger partial charge in [0.15, 0.2) is 0 Å². The number of aromatic nitrogens is 1. The molecule has 0 atom stereocenters. The Labute approximate surface area is 154 Å². The highest BCUT2D eigenvalue weighted by atomic mass is 16.5. The van der Waals surface area contributed by atoms with Gasteiger partial charge in [-0.05, 0) is 24.6 Å². The van der Waals surface area contributed by atoms with Gasteiger partial charge in [-0.1, -0.05) is 29.8 Å². The summed E-state index contributed by atoms with van der Waals surface area (Å²) in [4.78, 5) is 18.8. The number of carbonyl (C=O) groups is 1. The monoisotopic (exact) mass is 354 g/mol. The molecule has 1 aromatic carbocycles. The predicted octanol–water partition coefficient (Wildman–Crippen LogP) is 2.32. The predicted molar refractivity (Wildman–Crippen MR) is 103 cm³/mol. The lowest BCUT2D eigenvalue weighted by Crippen LogP contribution is -2.39. The van der Waals surface area contributed by atoms with E-state index in [0.29, 0.717) is 12.2 Å². The molecule has 0 unspecified atom stereocenters. The minimum absolute atomic E-state index is 0.0591. The van der Waals surface area contributed by atoms with E-state index in [0.717, 1.165) is 56.2 Å². The van der Waals surface area contributed by atoms with Crippen molar-refractivity contribution in [3.8, 4) is 0 Å². The fraction of sp³-hybridized carbons (Fsp3) is 0.400. The summed E-state index contributed by atoms with van der Waals surface area (Å²) in [6, 6.07) is 11.7. The molecular formula is C20H26N4O2. The van der Waals surface area contributed by atoms with Gasteiger partial charge in [-0.2, -0.15) is 0 Å². The van der Waals surface area contributed by atoms with E-state index >= 15 is 0 Å². The van der Waals surface area contributed by atoms with Crippen LogP contribution in [-0.2, 0) is 16.0 Å². The van der Waals surface area contributed by atoms with Crippen LogP contribution in [0.2, 0.25) is 0 Å². The van der Waals surface area contributed by atoms with Crippen molar-refractivity contribution in [2.75, 3.05) is 50.0 Å². The molecule has 138 valence electrons. The number of nitrogens with one attached hydrogen (secondary N) is 2. The van der Waals surface area contributed by atoms with Crippen molar-refractivity contribution >= 4 is 17.4 Å².